The van der Waals surface area contributed by atoms with Gasteiger partial charge in [-0.2, -0.15) is 13.2 Å². The first-order valence-electron chi connectivity index (χ1n) is 5.38. The standard InChI is InChI=1S/C12H12ClF3O/c13-9-2-1-8(3-4-11(17)5-6-11)10(7-9)12(14,15)16/h1-2,7,17H,3-6H2. The van der Waals surface area contributed by atoms with Gasteiger partial charge < -0.3 is 5.11 Å². The average Bonchev–Trinajstić information content (AvgIpc) is 2.94. The first kappa shape index (κ1) is 12.7. The molecule has 0 saturated heterocycles. The molecule has 0 aliphatic heterocycles. The molecule has 1 N–H and O–H groups in total. The van der Waals surface area contributed by atoms with Crippen LogP contribution in [0.15, 0.2) is 18.2 Å². The summed E-state index contributed by atoms with van der Waals surface area (Å²) in [6.45, 7) is 0. The molecule has 0 heterocycles. The van der Waals surface area contributed by atoms with E-state index in [9.17, 15) is 18.3 Å². The topological polar surface area (TPSA) is 20.2 Å². The van der Waals surface area contributed by atoms with Gasteiger partial charge in [-0.3, -0.25) is 0 Å². The van der Waals surface area contributed by atoms with E-state index in [2.05, 4.69) is 0 Å². The SMILES string of the molecule is OC1(CCc2ccc(Cl)cc2C(F)(F)F)CC1. The van der Waals surface area contributed by atoms with Crippen LogP contribution in [-0.4, -0.2) is 10.7 Å². The average molecular weight is 265 g/mol. The zero-order valence-corrected chi connectivity index (χ0v) is 9.78. The number of alkyl halides is 3. The van der Waals surface area contributed by atoms with Crippen molar-refractivity contribution in [1.82, 2.24) is 0 Å². The van der Waals surface area contributed by atoms with Crippen molar-refractivity contribution in [1.29, 1.82) is 0 Å². The van der Waals surface area contributed by atoms with Gasteiger partial charge in [0.25, 0.3) is 0 Å². The molecule has 0 amide bonds. The number of aryl methyl sites for hydroxylation is 1. The summed E-state index contributed by atoms with van der Waals surface area (Å²) in [4.78, 5) is 0. The van der Waals surface area contributed by atoms with E-state index in [1.165, 1.54) is 12.1 Å². The Morgan fingerprint density at radius 1 is 1.29 bits per heavy atom. The Hall–Kier alpha value is -0.740. The van der Waals surface area contributed by atoms with Gasteiger partial charge in [0.1, 0.15) is 0 Å². The molecule has 0 bridgehead atoms. The predicted molar refractivity (Wildman–Crippen MR) is 59.0 cm³/mol. The number of aliphatic hydroxyl groups is 1. The molecular weight excluding hydrogens is 253 g/mol. The molecule has 0 unspecified atom stereocenters. The Bertz CT molecular complexity index is 424. The van der Waals surface area contributed by atoms with Gasteiger partial charge in [-0.25, -0.2) is 0 Å². The van der Waals surface area contributed by atoms with Crippen molar-refractivity contribution in [3.8, 4) is 0 Å². The lowest BCUT2D eigenvalue weighted by atomic mass is 10.00. The van der Waals surface area contributed by atoms with Gasteiger partial charge >= 0.3 is 6.18 Å². The van der Waals surface area contributed by atoms with Crippen molar-refractivity contribution in [2.45, 2.75) is 37.5 Å². The highest BCUT2D eigenvalue weighted by Gasteiger charge is 2.40. The first-order valence-corrected chi connectivity index (χ1v) is 5.76. The smallest absolute Gasteiger partial charge is 0.390 e. The number of benzene rings is 1. The second-order valence-corrected chi connectivity index (χ2v) is 4.96. The third-order valence-electron chi connectivity index (χ3n) is 3.06. The largest absolute Gasteiger partial charge is 0.416 e. The highest BCUT2D eigenvalue weighted by atomic mass is 35.5. The molecule has 1 aromatic rings. The summed E-state index contributed by atoms with van der Waals surface area (Å²) in [6.07, 6.45) is -2.43. The first-order chi connectivity index (χ1) is 7.80. The fourth-order valence-corrected chi connectivity index (χ4v) is 1.96. The Kier molecular flexibility index (Phi) is 3.12. The maximum absolute atomic E-state index is 12.7. The van der Waals surface area contributed by atoms with Gasteiger partial charge in [-0.1, -0.05) is 17.7 Å². The number of halogens is 4. The van der Waals surface area contributed by atoms with Crippen molar-refractivity contribution < 1.29 is 18.3 Å². The van der Waals surface area contributed by atoms with Gasteiger partial charge in [0.2, 0.25) is 0 Å². The van der Waals surface area contributed by atoms with Crippen molar-refractivity contribution in [3.63, 3.8) is 0 Å². The second-order valence-electron chi connectivity index (χ2n) is 4.52. The lowest BCUT2D eigenvalue weighted by Gasteiger charge is -2.14. The maximum Gasteiger partial charge on any atom is 0.416 e. The molecule has 1 nitrogen and oxygen atoms in total. The summed E-state index contributed by atoms with van der Waals surface area (Å²) in [7, 11) is 0. The van der Waals surface area contributed by atoms with Crippen LogP contribution in [0, 0.1) is 0 Å². The molecule has 1 aromatic carbocycles. The maximum atomic E-state index is 12.7. The summed E-state index contributed by atoms with van der Waals surface area (Å²) in [6, 6.07) is 3.77. The predicted octanol–water partition coefficient (Wildman–Crippen LogP) is 3.82. The summed E-state index contributed by atoms with van der Waals surface area (Å²) in [5, 5.41) is 9.71. The fraction of sp³-hybridized carbons (Fsp3) is 0.500. The molecule has 1 aliphatic carbocycles. The van der Waals surface area contributed by atoms with E-state index < -0.39 is 17.3 Å². The minimum Gasteiger partial charge on any atom is -0.390 e. The molecule has 94 valence electrons. The third kappa shape index (κ3) is 3.13. The molecule has 0 spiro atoms. The highest BCUT2D eigenvalue weighted by molar-refractivity contribution is 6.30. The lowest BCUT2D eigenvalue weighted by Crippen LogP contribution is -2.13. The van der Waals surface area contributed by atoms with Crippen LogP contribution >= 0.6 is 11.6 Å². The van der Waals surface area contributed by atoms with Crippen molar-refractivity contribution >= 4 is 11.6 Å². The second kappa shape index (κ2) is 4.18. The lowest BCUT2D eigenvalue weighted by molar-refractivity contribution is -0.138. The zero-order valence-electron chi connectivity index (χ0n) is 9.02. The quantitative estimate of drug-likeness (QED) is 0.880. The normalized spacial score (nSPS) is 18.2. The fourth-order valence-electron chi connectivity index (χ4n) is 1.79. The van der Waals surface area contributed by atoms with Crippen LogP contribution in [0.5, 0.6) is 0 Å². The number of hydrogen-bond donors (Lipinski definition) is 1. The minimum absolute atomic E-state index is 0.0752. The molecule has 0 aromatic heterocycles. The van der Waals surface area contributed by atoms with Gasteiger partial charge in [-0.05, 0) is 43.4 Å². The molecule has 1 saturated carbocycles. The van der Waals surface area contributed by atoms with E-state index in [-0.39, 0.29) is 17.0 Å². The van der Waals surface area contributed by atoms with Gasteiger partial charge in [0.15, 0.2) is 0 Å². The summed E-state index contributed by atoms with van der Waals surface area (Å²) in [5.74, 6) is 0. The Morgan fingerprint density at radius 3 is 2.47 bits per heavy atom. The van der Waals surface area contributed by atoms with Crippen LogP contribution in [0.2, 0.25) is 5.02 Å². The van der Waals surface area contributed by atoms with E-state index in [4.69, 9.17) is 11.6 Å². The van der Waals surface area contributed by atoms with Crippen molar-refractivity contribution in [2.75, 3.05) is 0 Å². The van der Waals surface area contributed by atoms with Gasteiger partial charge in [0.05, 0.1) is 11.2 Å². The molecule has 1 aliphatic rings. The third-order valence-corrected chi connectivity index (χ3v) is 3.30. The van der Waals surface area contributed by atoms with Crippen molar-refractivity contribution in [3.05, 3.63) is 34.3 Å². The molecule has 1 fully saturated rings. The van der Waals surface area contributed by atoms with Gasteiger partial charge in [0, 0.05) is 5.02 Å². The van der Waals surface area contributed by atoms with Crippen molar-refractivity contribution in [2.24, 2.45) is 0 Å². The molecule has 5 heteroatoms. The van der Waals surface area contributed by atoms with Crippen LogP contribution in [0.3, 0.4) is 0 Å². The van der Waals surface area contributed by atoms with E-state index >= 15 is 0 Å². The summed E-state index contributed by atoms with van der Waals surface area (Å²) >= 11 is 5.58. The highest BCUT2D eigenvalue weighted by Crippen LogP contribution is 2.41. The van der Waals surface area contributed by atoms with Crippen LogP contribution in [0.4, 0.5) is 13.2 Å². The molecule has 2 rings (SSSR count). The summed E-state index contributed by atoms with van der Waals surface area (Å²) in [5.41, 5.74) is -1.24. The van der Waals surface area contributed by atoms with Crippen LogP contribution < -0.4 is 0 Å². The van der Waals surface area contributed by atoms with Crippen LogP contribution in [0.1, 0.15) is 30.4 Å². The monoisotopic (exact) mass is 264 g/mol. The molecule has 0 radical (unpaired) electrons. The van der Waals surface area contributed by atoms with Crippen LogP contribution in [-0.2, 0) is 12.6 Å². The molecule has 0 atom stereocenters. The van der Waals surface area contributed by atoms with E-state index in [1.54, 1.807) is 0 Å². The molecular formula is C12H12ClF3O. The Balaban J connectivity index is 2.20. The minimum atomic E-state index is -4.40. The van der Waals surface area contributed by atoms with E-state index in [0.717, 1.165) is 6.07 Å². The Morgan fingerprint density at radius 2 is 1.94 bits per heavy atom. The van der Waals surface area contributed by atoms with Crippen LogP contribution in [0.25, 0.3) is 0 Å². The number of hydrogen-bond acceptors (Lipinski definition) is 1. The zero-order chi connectivity index (χ0) is 12.7. The van der Waals surface area contributed by atoms with E-state index in [1.807, 2.05) is 0 Å². The Labute approximate surface area is 102 Å². The summed E-state index contributed by atoms with van der Waals surface area (Å²) < 4.78 is 38.2. The van der Waals surface area contributed by atoms with Gasteiger partial charge in [-0.15, -0.1) is 0 Å². The van der Waals surface area contributed by atoms with E-state index in [0.29, 0.717) is 19.3 Å². The molecule has 17 heavy (non-hydrogen) atoms. The number of rotatable bonds is 3.